The molecule has 2 nitrogen and oxygen atoms in total. The maximum absolute atomic E-state index is 9.48. The van der Waals surface area contributed by atoms with Crippen LogP contribution in [0.4, 0.5) is 0 Å². The molecule has 0 heterocycles. The van der Waals surface area contributed by atoms with E-state index in [1.54, 1.807) is 7.11 Å². The monoisotopic (exact) mass is 244 g/mol. The van der Waals surface area contributed by atoms with E-state index < -0.39 is 6.10 Å². The molecule has 0 aliphatic carbocycles. The summed E-state index contributed by atoms with van der Waals surface area (Å²) in [6.07, 6.45) is 0.193. The van der Waals surface area contributed by atoms with Gasteiger partial charge in [-0.05, 0) is 11.6 Å². The van der Waals surface area contributed by atoms with Gasteiger partial charge in [-0.15, -0.1) is 0 Å². The molecule has 3 heteroatoms. The fourth-order valence-corrected chi connectivity index (χ4v) is 1.62. The predicted molar refractivity (Wildman–Crippen MR) is 55.7 cm³/mol. The highest BCUT2D eigenvalue weighted by atomic mass is 79.9. The number of methoxy groups -OCH3 is 1. The zero-order valence-electron chi connectivity index (χ0n) is 7.53. The molecule has 13 heavy (non-hydrogen) atoms. The minimum atomic E-state index is -0.427. The van der Waals surface area contributed by atoms with Gasteiger partial charge in [0.05, 0.1) is 12.7 Å². The molecule has 0 fully saturated rings. The number of ether oxygens (including phenoxy) is 1. The SMILES string of the molecule is COCC(O)Cc1ccccc1Br. The summed E-state index contributed by atoms with van der Waals surface area (Å²) >= 11 is 3.42. The molecule has 1 atom stereocenters. The van der Waals surface area contributed by atoms with Gasteiger partial charge in [-0.3, -0.25) is 0 Å². The smallest absolute Gasteiger partial charge is 0.0814 e. The molecule has 0 saturated heterocycles. The molecule has 72 valence electrons. The highest BCUT2D eigenvalue weighted by molar-refractivity contribution is 9.10. The Balaban J connectivity index is 2.58. The van der Waals surface area contributed by atoms with E-state index in [-0.39, 0.29) is 0 Å². The fraction of sp³-hybridized carbons (Fsp3) is 0.400. The second-order valence-corrected chi connectivity index (χ2v) is 3.76. The third-order valence-electron chi connectivity index (χ3n) is 1.77. The standard InChI is InChI=1S/C10H13BrO2/c1-13-7-9(12)6-8-4-2-3-5-10(8)11/h2-5,9,12H,6-7H2,1H3. The maximum atomic E-state index is 9.48. The highest BCUT2D eigenvalue weighted by Crippen LogP contribution is 2.17. The average Bonchev–Trinajstić information content (AvgIpc) is 2.09. The zero-order chi connectivity index (χ0) is 9.68. The highest BCUT2D eigenvalue weighted by Gasteiger charge is 2.06. The van der Waals surface area contributed by atoms with Crippen molar-refractivity contribution in [1.82, 2.24) is 0 Å². The van der Waals surface area contributed by atoms with Gasteiger partial charge in [0.1, 0.15) is 0 Å². The number of hydrogen-bond acceptors (Lipinski definition) is 2. The summed E-state index contributed by atoms with van der Waals surface area (Å²) in [6.45, 7) is 0.376. The van der Waals surface area contributed by atoms with Gasteiger partial charge in [0.2, 0.25) is 0 Å². The van der Waals surface area contributed by atoms with Crippen molar-refractivity contribution >= 4 is 15.9 Å². The van der Waals surface area contributed by atoms with Crippen LogP contribution in [0, 0.1) is 0 Å². The van der Waals surface area contributed by atoms with Crippen molar-refractivity contribution in [2.24, 2.45) is 0 Å². The third-order valence-corrected chi connectivity index (χ3v) is 2.55. The van der Waals surface area contributed by atoms with Crippen molar-refractivity contribution in [3.05, 3.63) is 34.3 Å². The fourth-order valence-electron chi connectivity index (χ4n) is 1.17. The lowest BCUT2D eigenvalue weighted by molar-refractivity contribution is 0.0649. The van der Waals surface area contributed by atoms with Gasteiger partial charge in [0.15, 0.2) is 0 Å². The number of aliphatic hydroxyl groups excluding tert-OH is 1. The van der Waals surface area contributed by atoms with Crippen molar-refractivity contribution in [1.29, 1.82) is 0 Å². The van der Waals surface area contributed by atoms with Crippen LogP contribution in [0.5, 0.6) is 0 Å². The summed E-state index contributed by atoms with van der Waals surface area (Å²) in [4.78, 5) is 0. The summed E-state index contributed by atoms with van der Waals surface area (Å²) in [7, 11) is 1.59. The molecule has 1 unspecified atom stereocenters. The molecule has 1 aromatic rings. The number of halogens is 1. The molecule has 1 rings (SSSR count). The van der Waals surface area contributed by atoms with E-state index in [9.17, 15) is 5.11 Å². The van der Waals surface area contributed by atoms with E-state index in [4.69, 9.17) is 4.74 Å². The predicted octanol–water partition coefficient (Wildman–Crippen LogP) is 2.00. The Morgan fingerprint density at radius 1 is 1.46 bits per heavy atom. The van der Waals surface area contributed by atoms with Crippen LogP contribution in [0.2, 0.25) is 0 Å². The van der Waals surface area contributed by atoms with Crippen molar-refractivity contribution < 1.29 is 9.84 Å². The first kappa shape index (κ1) is 10.7. The van der Waals surface area contributed by atoms with E-state index in [0.717, 1.165) is 10.0 Å². The second kappa shape index (κ2) is 5.37. The molecule has 0 radical (unpaired) electrons. The lowest BCUT2D eigenvalue weighted by Gasteiger charge is -2.10. The Kier molecular flexibility index (Phi) is 4.42. The van der Waals surface area contributed by atoms with Gasteiger partial charge in [0.25, 0.3) is 0 Å². The van der Waals surface area contributed by atoms with Gasteiger partial charge in [-0.1, -0.05) is 34.1 Å². The normalized spacial score (nSPS) is 12.8. The molecule has 0 aliphatic rings. The number of rotatable bonds is 4. The van der Waals surface area contributed by atoms with Gasteiger partial charge in [0, 0.05) is 18.0 Å². The Bertz CT molecular complexity index is 263. The summed E-state index contributed by atoms with van der Waals surface area (Å²) in [5, 5.41) is 9.48. The summed E-state index contributed by atoms with van der Waals surface area (Å²) in [6, 6.07) is 7.87. The average molecular weight is 245 g/mol. The summed E-state index contributed by atoms with van der Waals surface area (Å²) in [5.41, 5.74) is 1.10. The van der Waals surface area contributed by atoms with E-state index in [1.807, 2.05) is 24.3 Å². The van der Waals surface area contributed by atoms with Crippen LogP contribution in [-0.2, 0) is 11.2 Å². The number of hydrogen-bond donors (Lipinski definition) is 1. The van der Waals surface area contributed by atoms with Crippen LogP contribution in [0.1, 0.15) is 5.56 Å². The number of aliphatic hydroxyl groups is 1. The van der Waals surface area contributed by atoms with Crippen LogP contribution in [-0.4, -0.2) is 24.9 Å². The summed E-state index contributed by atoms with van der Waals surface area (Å²) < 4.78 is 5.88. The largest absolute Gasteiger partial charge is 0.390 e. The molecular formula is C10H13BrO2. The summed E-state index contributed by atoms with van der Waals surface area (Å²) in [5.74, 6) is 0. The first-order chi connectivity index (χ1) is 6.24. The van der Waals surface area contributed by atoms with E-state index >= 15 is 0 Å². The zero-order valence-corrected chi connectivity index (χ0v) is 9.12. The molecule has 1 aromatic carbocycles. The minimum absolute atomic E-state index is 0.376. The topological polar surface area (TPSA) is 29.5 Å². The number of benzene rings is 1. The van der Waals surface area contributed by atoms with E-state index in [0.29, 0.717) is 13.0 Å². The lowest BCUT2D eigenvalue weighted by atomic mass is 10.1. The first-order valence-corrected chi connectivity index (χ1v) is 4.93. The van der Waals surface area contributed by atoms with Crippen molar-refractivity contribution in [2.75, 3.05) is 13.7 Å². The third kappa shape index (κ3) is 3.46. The molecule has 0 aromatic heterocycles. The first-order valence-electron chi connectivity index (χ1n) is 4.14. The Morgan fingerprint density at radius 2 is 2.15 bits per heavy atom. The van der Waals surface area contributed by atoms with Crippen LogP contribution in [0.25, 0.3) is 0 Å². The Morgan fingerprint density at radius 3 is 2.77 bits per heavy atom. The molecule has 0 saturated carbocycles. The molecule has 0 amide bonds. The maximum Gasteiger partial charge on any atom is 0.0814 e. The Hall–Kier alpha value is -0.380. The van der Waals surface area contributed by atoms with Gasteiger partial charge in [-0.2, -0.15) is 0 Å². The van der Waals surface area contributed by atoms with Crippen molar-refractivity contribution in [2.45, 2.75) is 12.5 Å². The molecule has 0 aliphatic heterocycles. The van der Waals surface area contributed by atoms with Crippen LogP contribution in [0.3, 0.4) is 0 Å². The van der Waals surface area contributed by atoms with Crippen molar-refractivity contribution in [3.8, 4) is 0 Å². The molecule has 1 N–H and O–H groups in total. The van der Waals surface area contributed by atoms with Gasteiger partial charge in [-0.25, -0.2) is 0 Å². The molecular weight excluding hydrogens is 232 g/mol. The van der Waals surface area contributed by atoms with Crippen molar-refractivity contribution in [3.63, 3.8) is 0 Å². The van der Waals surface area contributed by atoms with Crippen LogP contribution < -0.4 is 0 Å². The van der Waals surface area contributed by atoms with Crippen LogP contribution >= 0.6 is 15.9 Å². The quantitative estimate of drug-likeness (QED) is 0.879. The lowest BCUT2D eigenvalue weighted by Crippen LogP contribution is -2.17. The van der Waals surface area contributed by atoms with E-state index in [1.165, 1.54) is 0 Å². The molecule has 0 spiro atoms. The van der Waals surface area contributed by atoms with E-state index in [2.05, 4.69) is 15.9 Å². The minimum Gasteiger partial charge on any atom is -0.390 e. The van der Waals surface area contributed by atoms with Gasteiger partial charge >= 0.3 is 0 Å². The second-order valence-electron chi connectivity index (χ2n) is 2.90. The Labute approximate surface area is 86.7 Å². The van der Waals surface area contributed by atoms with Crippen LogP contribution in [0.15, 0.2) is 28.7 Å². The van der Waals surface area contributed by atoms with Gasteiger partial charge < -0.3 is 9.84 Å². The molecule has 0 bridgehead atoms.